The first kappa shape index (κ1) is 12.8. The van der Waals surface area contributed by atoms with E-state index in [1.54, 1.807) is 12.1 Å². The molecule has 0 radical (unpaired) electrons. The van der Waals surface area contributed by atoms with Gasteiger partial charge in [-0.15, -0.1) is 0 Å². The molecule has 1 fully saturated rings. The molecule has 0 aromatic heterocycles. The lowest BCUT2D eigenvalue weighted by Gasteiger charge is -2.11. The first-order chi connectivity index (χ1) is 8.00. The third-order valence-electron chi connectivity index (χ3n) is 2.77. The number of aliphatic hydroxyl groups excluding tert-OH is 1. The van der Waals surface area contributed by atoms with Crippen LogP contribution in [0.4, 0.5) is 0 Å². The van der Waals surface area contributed by atoms with Crippen LogP contribution in [0.25, 0.3) is 0 Å². The van der Waals surface area contributed by atoms with Gasteiger partial charge in [0.1, 0.15) is 4.90 Å². The topological polar surface area (TPSA) is 66.4 Å². The first-order valence-electron chi connectivity index (χ1n) is 5.43. The van der Waals surface area contributed by atoms with Crippen molar-refractivity contribution in [2.45, 2.75) is 23.8 Å². The molecular formula is C11H14ClNO3S. The maximum absolute atomic E-state index is 11.9. The van der Waals surface area contributed by atoms with Crippen LogP contribution in [0.3, 0.4) is 0 Å². The summed E-state index contributed by atoms with van der Waals surface area (Å²) in [4.78, 5) is 0.0460. The Hall–Kier alpha value is -0.620. The SMILES string of the molecule is O=S(=O)(NCC(O)C1CC1)c1ccccc1Cl. The third kappa shape index (κ3) is 3.19. The second-order valence-electron chi connectivity index (χ2n) is 4.19. The van der Waals surface area contributed by atoms with Crippen LogP contribution in [-0.4, -0.2) is 26.2 Å². The predicted octanol–water partition coefficient (Wildman–Crippen LogP) is 1.39. The normalized spacial score (nSPS) is 18.0. The van der Waals surface area contributed by atoms with Crippen LogP contribution < -0.4 is 4.72 Å². The Labute approximate surface area is 106 Å². The van der Waals surface area contributed by atoms with E-state index in [4.69, 9.17) is 11.6 Å². The van der Waals surface area contributed by atoms with Crippen molar-refractivity contribution in [3.63, 3.8) is 0 Å². The van der Waals surface area contributed by atoms with Gasteiger partial charge in [0.25, 0.3) is 0 Å². The summed E-state index contributed by atoms with van der Waals surface area (Å²) in [6, 6.07) is 6.24. The van der Waals surface area contributed by atoms with Crippen LogP contribution in [0.2, 0.25) is 5.02 Å². The lowest BCUT2D eigenvalue weighted by molar-refractivity contribution is 0.155. The van der Waals surface area contributed by atoms with Crippen LogP contribution >= 0.6 is 11.6 Å². The summed E-state index contributed by atoms with van der Waals surface area (Å²) in [6.07, 6.45) is 1.33. The fourth-order valence-electron chi connectivity index (χ4n) is 1.58. The van der Waals surface area contributed by atoms with Crippen molar-refractivity contribution in [1.29, 1.82) is 0 Å². The summed E-state index contributed by atoms with van der Waals surface area (Å²) < 4.78 is 26.2. The summed E-state index contributed by atoms with van der Waals surface area (Å²) in [5, 5.41) is 9.79. The molecule has 4 nitrogen and oxygen atoms in total. The van der Waals surface area contributed by atoms with Crippen molar-refractivity contribution in [1.82, 2.24) is 4.72 Å². The molecule has 1 atom stereocenters. The van der Waals surface area contributed by atoms with E-state index in [0.29, 0.717) is 0 Å². The van der Waals surface area contributed by atoms with Gasteiger partial charge >= 0.3 is 0 Å². The Kier molecular flexibility index (Phi) is 3.73. The molecule has 1 aliphatic rings. The van der Waals surface area contributed by atoms with E-state index in [0.717, 1.165) is 12.8 Å². The van der Waals surface area contributed by atoms with Gasteiger partial charge in [-0.05, 0) is 30.9 Å². The molecular weight excluding hydrogens is 262 g/mol. The zero-order chi connectivity index (χ0) is 12.5. The Morgan fingerprint density at radius 1 is 1.41 bits per heavy atom. The smallest absolute Gasteiger partial charge is 0.242 e. The molecule has 0 heterocycles. The molecule has 0 aliphatic heterocycles. The molecule has 0 saturated heterocycles. The fourth-order valence-corrected chi connectivity index (χ4v) is 3.15. The van der Waals surface area contributed by atoms with Gasteiger partial charge in [0.2, 0.25) is 10.0 Å². The van der Waals surface area contributed by atoms with Crippen molar-refractivity contribution in [2.24, 2.45) is 5.92 Å². The highest BCUT2D eigenvalue weighted by Crippen LogP contribution is 2.32. The van der Waals surface area contributed by atoms with Crippen molar-refractivity contribution in [3.05, 3.63) is 29.3 Å². The summed E-state index contributed by atoms with van der Waals surface area (Å²) in [5.74, 6) is 0.240. The minimum Gasteiger partial charge on any atom is -0.391 e. The standard InChI is InChI=1S/C11H14ClNO3S/c12-9-3-1-2-4-11(9)17(15,16)13-7-10(14)8-5-6-8/h1-4,8,10,13-14H,5-7H2. The summed E-state index contributed by atoms with van der Waals surface area (Å²) in [5.41, 5.74) is 0. The van der Waals surface area contributed by atoms with Gasteiger partial charge < -0.3 is 5.11 Å². The molecule has 2 rings (SSSR count). The molecule has 1 saturated carbocycles. The van der Waals surface area contributed by atoms with Crippen molar-refractivity contribution >= 4 is 21.6 Å². The number of aliphatic hydroxyl groups is 1. The minimum absolute atomic E-state index is 0.0399. The van der Waals surface area contributed by atoms with Crippen molar-refractivity contribution < 1.29 is 13.5 Å². The van der Waals surface area contributed by atoms with E-state index in [2.05, 4.69) is 4.72 Å². The number of rotatable bonds is 5. The number of hydrogen-bond donors (Lipinski definition) is 2. The lowest BCUT2D eigenvalue weighted by atomic mass is 10.2. The van der Waals surface area contributed by atoms with Gasteiger partial charge in [-0.2, -0.15) is 0 Å². The highest BCUT2D eigenvalue weighted by Gasteiger charge is 2.30. The van der Waals surface area contributed by atoms with Crippen molar-refractivity contribution in [3.8, 4) is 0 Å². The van der Waals surface area contributed by atoms with Gasteiger partial charge in [0, 0.05) is 6.54 Å². The van der Waals surface area contributed by atoms with Crippen molar-refractivity contribution in [2.75, 3.05) is 6.54 Å². The van der Waals surface area contributed by atoms with E-state index in [1.807, 2.05) is 0 Å². The maximum atomic E-state index is 11.9. The van der Waals surface area contributed by atoms with E-state index < -0.39 is 16.1 Å². The quantitative estimate of drug-likeness (QED) is 0.853. The third-order valence-corrected chi connectivity index (χ3v) is 4.70. The highest BCUT2D eigenvalue weighted by molar-refractivity contribution is 7.89. The Bertz CT molecular complexity index is 499. The Morgan fingerprint density at radius 3 is 2.65 bits per heavy atom. The molecule has 1 aromatic rings. The lowest BCUT2D eigenvalue weighted by Crippen LogP contribution is -2.33. The Balaban J connectivity index is 2.05. The zero-order valence-electron chi connectivity index (χ0n) is 9.14. The predicted molar refractivity (Wildman–Crippen MR) is 65.4 cm³/mol. The molecule has 94 valence electrons. The number of nitrogens with one attached hydrogen (secondary N) is 1. The highest BCUT2D eigenvalue weighted by atomic mass is 35.5. The number of halogens is 1. The summed E-state index contributed by atoms with van der Waals surface area (Å²) >= 11 is 5.82. The molecule has 0 spiro atoms. The van der Waals surface area contributed by atoms with E-state index >= 15 is 0 Å². The fraction of sp³-hybridized carbons (Fsp3) is 0.455. The molecule has 1 aliphatic carbocycles. The second-order valence-corrected chi connectivity index (χ2v) is 6.33. The van der Waals surface area contributed by atoms with Crippen LogP contribution in [0.5, 0.6) is 0 Å². The number of benzene rings is 1. The maximum Gasteiger partial charge on any atom is 0.242 e. The van der Waals surface area contributed by atoms with E-state index in [9.17, 15) is 13.5 Å². The number of hydrogen-bond acceptors (Lipinski definition) is 3. The average molecular weight is 276 g/mol. The van der Waals surface area contributed by atoms with Gasteiger partial charge in [-0.25, -0.2) is 13.1 Å². The summed E-state index contributed by atoms with van der Waals surface area (Å²) in [7, 11) is -3.63. The molecule has 6 heteroatoms. The molecule has 0 amide bonds. The number of sulfonamides is 1. The largest absolute Gasteiger partial charge is 0.391 e. The Morgan fingerprint density at radius 2 is 2.06 bits per heavy atom. The average Bonchev–Trinajstić information content (AvgIpc) is 3.10. The van der Waals surface area contributed by atoms with E-state index in [1.165, 1.54) is 12.1 Å². The van der Waals surface area contributed by atoms with Gasteiger partial charge in [-0.1, -0.05) is 23.7 Å². The van der Waals surface area contributed by atoms with Gasteiger partial charge in [0.15, 0.2) is 0 Å². The zero-order valence-corrected chi connectivity index (χ0v) is 10.7. The van der Waals surface area contributed by atoms with Gasteiger partial charge in [0.05, 0.1) is 11.1 Å². The van der Waals surface area contributed by atoms with Crippen LogP contribution in [0, 0.1) is 5.92 Å². The monoisotopic (exact) mass is 275 g/mol. The molecule has 17 heavy (non-hydrogen) atoms. The van der Waals surface area contributed by atoms with Gasteiger partial charge in [-0.3, -0.25) is 0 Å². The molecule has 2 N–H and O–H groups in total. The van der Waals surface area contributed by atoms with Crippen LogP contribution in [0.1, 0.15) is 12.8 Å². The molecule has 1 aromatic carbocycles. The first-order valence-corrected chi connectivity index (χ1v) is 7.29. The summed E-state index contributed by atoms with van der Waals surface area (Å²) in [6.45, 7) is 0.0399. The van der Waals surface area contributed by atoms with Crippen LogP contribution in [-0.2, 0) is 10.0 Å². The van der Waals surface area contributed by atoms with E-state index in [-0.39, 0.29) is 22.4 Å². The van der Waals surface area contributed by atoms with Crippen LogP contribution in [0.15, 0.2) is 29.2 Å². The minimum atomic E-state index is -3.63. The molecule has 0 bridgehead atoms. The molecule has 1 unspecified atom stereocenters. The second kappa shape index (κ2) is 4.94.